The van der Waals surface area contributed by atoms with Crippen LogP contribution in [0, 0.1) is 0 Å². The van der Waals surface area contributed by atoms with Crippen molar-refractivity contribution in [2.24, 2.45) is 0 Å². The second-order valence-corrected chi connectivity index (χ2v) is 4.70. The minimum absolute atomic E-state index is 0.200. The van der Waals surface area contributed by atoms with Crippen molar-refractivity contribution in [2.45, 2.75) is 0 Å². The summed E-state index contributed by atoms with van der Waals surface area (Å²) in [6.07, 6.45) is 4.91. The lowest BCUT2D eigenvalue weighted by Crippen LogP contribution is -2.00. The van der Waals surface area contributed by atoms with Gasteiger partial charge in [-0.2, -0.15) is 10.2 Å². The summed E-state index contributed by atoms with van der Waals surface area (Å²) in [4.78, 5) is 11.1. The van der Waals surface area contributed by atoms with Gasteiger partial charge in [0.1, 0.15) is 0 Å². The van der Waals surface area contributed by atoms with Crippen molar-refractivity contribution in [3.05, 3.63) is 60.6 Å². The molecule has 4 aromatic rings. The van der Waals surface area contributed by atoms with Crippen LogP contribution in [0.2, 0.25) is 0 Å². The molecule has 3 aromatic heterocycles. The van der Waals surface area contributed by atoms with Crippen LogP contribution in [0.1, 0.15) is 10.4 Å². The number of para-hydroxylation sites is 1. The number of carboxylic acid groups (broad SMARTS) is 1. The molecule has 0 saturated carbocycles. The van der Waals surface area contributed by atoms with Crippen LogP contribution in [-0.4, -0.2) is 30.5 Å². The van der Waals surface area contributed by atoms with Crippen molar-refractivity contribution in [3.8, 4) is 5.69 Å². The lowest BCUT2D eigenvalue weighted by molar-refractivity contribution is 0.0697. The summed E-state index contributed by atoms with van der Waals surface area (Å²) in [6, 6.07) is 11.3. The quantitative estimate of drug-likeness (QED) is 0.611. The molecule has 6 heteroatoms. The van der Waals surface area contributed by atoms with Crippen LogP contribution in [0.15, 0.2) is 55.0 Å². The molecule has 0 unspecified atom stereocenters. The zero-order chi connectivity index (χ0) is 14.4. The molecule has 3 heterocycles. The van der Waals surface area contributed by atoms with Crippen molar-refractivity contribution in [2.75, 3.05) is 0 Å². The number of aromatic nitrogens is 4. The molecule has 6 nitrogen and oxygen atoms in total. The lowest BCUT2D eigenvalue weighted by atomic mass is 10.2. The summed E-state index contributed by atoms with van der Waals surface area (Å²) in [7, 11) is 0. The van der Waals surface area contributed by atoms with Crippen LogP contribution in [0.25, 0.3) is 22.1 Å². The molecular weight excluding hydrogens is 268 g/mol. The van der Waals surface area contributed by atoms with E-state index >= 15 is 0 Å². The zero-order valence-electron chi connectivity index (χ0n) is 10.8. The van der Waals surface area contributed by atoms with E-state index in [1.165, 1.54) is 6.20 Å². The largest absolute Gasteiger partial charge is 0.478 e. The third-order valence-electron chi connectivity index (χ3n) is 3.44. The average Bonchev–Trinajstić information content (AvgIpc) is 3.11. The molecule has 1 N–H and O–H groups in total. The van der Waals surface area contributed by atoms with Crippen molar-refractivity contribution in [3.63, 3.8) is 0 Å². The molecule has 0 fully saturated rings. The number of nitrogens with zero attached hydrogens (tertiary/aromatic N) is 4. The highest BCUT2D eigenvalue weighted by molar-refractivity contribution is 5.91. The number of hydrogen-bond acceptors (Lipinski definition) is 3. The Bertz CT molecular complexity index is 984. The SMILES string of the molecule is O=C(O)c1cc2c(-n3ncc4ccccc43)ccnn2c1. The van der Waals surface area contributed by atoms with Gasteiger partial charge in [0.25, 0.3) is 0 Å². The van der Waals surface area contributed by atoms with Gasteiger partial charge < -0.3 is 5.11 Å². The summed E-state index contributed by atoms with van der Waals surface area (Å²) in [6.45, 7) is 0. The van der Waals surface area contributed by atoms with Crippen molar-refractivity contribution in [1.29, 1.82) is 0 Å². The topological polar surface area (TPSA) is 72.4 Å². The Labute approximate surface area is 118 Å². The van der Waals surface area contributed by atoms with E-state index in [1.54, 1.807) is 27.7 Å². The van der Waals surface area contributed by atoms with Crippen LogP contribution in [-0.2, 0) is 0 Å². The van der Waals surface area contributed by atoms with Crippen molar-refractivity contribution < 1.29 is 9.90 Å². The molecule has 102 valence electrons. The molecule has 0 saturated heterocycles. The summed E-state index contributed by atoms with van der Waals surface area (Å²) >= 11 is 0. The molecule has 0 atom stereocenters. The maximum atomic E-state index is 11.1. The van der Waals surface area contributed by atoms with Gasteiger partial charge in [-0.15, -0.1) is 0 Å². The van der Waals surface area contributed by atoms with E-state index in [2.05, 4.69) is 10.2 Å². The Kier molecular flexibility index (Phi) is 2.32. The van der Waals surface area contributed by atoms with E-state index in [1.807, 2.05) is 30.3 Å². The number of aromatic carboxylic acids is 1. The van der Waals surface area contributed by atoms with E-state index < -0.39 is 5.97 Å². The molecule has 1 aromatic carbocycles. The van der Waals surface area contributed by atoms with E-state index in [0.717, 1.165) is 16.6 Å². The van der Waals surface area contributed by atoms with Crippen molar-refractivity contribution >= 4 is 22.4 Å². The van der Waals surface area contributed by atoms with Crippen LogP contribution in [0.4, 0.5) is 0 Å². The van der Waals surface area contributed by atoms with Crippen LogP contribution in [0.3, 0.4) is 0 Å². The lowest BCUT2D eigenvalue weighted by Gasteiger charge is -2.05. The van der Waals surface area contributed by atoms with Gasteiger partial charge in [-0.1, -0.05) is 18.2 Å². The van der Waals surface area contributed by atoms with Gasteiger partial charge >= 0.3 is 5.97 Å². The van der Waals surface area contributed by atoms with Gasteiger partial charge in [0.05, 0.1) is 34.7 Å². The average molecular weight is 278 g/mol. The standard InChI is InChI=1S/C15H10N4O2/c20-15(21)11-7-14-13(5-6-16-18(14)9-11)19-12-4-2-1-3-10(12)8-17-19/h1-9H,(H,20,21). The normalized spacial score (nSPS) is 11.2. The second-order valence-electron chi connectivity index (χ2n) is 4.70. The van der Waals surface area contributed by atoms with E-state index in [4.69, 9.17) is 5.11 Å². The summed E-state index contributed by atoms with van der Waals surface area (Å²) < 4.78 is 3.34. The number of benzene rings is 1. The first kappa shape index (κ1) is 11.7. The third kappa shape index (κ3) is 1.69. The fourth-order valence-corrected chi connectivity index (χ4v) is 2.46. The van der Waals surface area contributed by atoms with Gasteiger partial charge in [0, 0.05) is 11.6 Å². The van der Waals surface area contributed by atoms with E-state index in [0.29, 0.717) is 5.52 Å². The predicted molar refractivity (Wildman–Crippen MR) is 76.8 cm³/mol. The molecule has 0 radical (unpaired) electrons. The number of carbonyl (C=O) groups is 1. The van der Waals surface area contributed by atoms with Crippen LogP contribution < -0.4 is 0 Å². The molecule has 0 spiro atoms. The number of carboxylic acids is 1. The Morgan fingerprint density at radius 2 is 1.95 bits per heavy atom. The first-order valence-electron chi connectivity index (χ1n) is 6.38. The fourth-order valence-electron chi connectivity index (χ4n) is 2.46. The maximum absolute atomic E-state index is 11.1. The molecular formula is C15H10N4O2. The highest BCUT2D eigenvalue weighted by Gasteiger charge is 2.13. The highest BCUT2D eigenvalue weighted by Crippen LogP contribution is 2.22. The first-order chi connectivity index (χ1) is 10.2. The number of hydrogen-bond donors (Lipinski definition) is 1. The van der Waals surface area contributed by atoms with Gasteiger partial charge in [0.2, 0.25) is 0 Å². The Hall–Kier alpha value is -3.15. The maximum Gasteiger partial charge on any atom is 0.337 e. The molecule has 0 aliphatic heterocycles. The Morgan fingerprint density at radius 1 is 1.10 bits per heavy atom. The summed E-state index contributed by atoms with van der Waals surface area (Å²) in [5.74, 6) is -0.975. The predicted octanol–water partition coefficient (Wildman–Crippen LogP) is 2.37. The van der Waals surface area contributed by atoms with Gasteiger partial charge in [-0.3, -0.25) is 0 Å². The van der Waals surface area contributed by atoms with Gasteiger partial charge in [0.15, 0.2) is 0 Å². The molecule has 0 amide bonds. The molecule has 0 aliphatic carbocycles. The smallest absolute Gasteiger partial charge is 0.337 e. The first-order valence-corrected chi connectivity index (χ1v) is 6.38. The molecule has 21 heavy (non-hydrogen) atoms. The fraction of sp³-hybridized carbons (Fsp3) is 0. The minimum atomic E-state index is -0.975. The van der Waals surface area contributed by atoms with Crippen molar-refractivity contribution in [1.82, 2.24) is 19.4 Å². The molecule has 0 bridgehead atoms. The summed E-state index contributed by atoms with van der Waals surface area (Å²) in [5, 5.41) is 18.7. The minimum Gasteiger partial charge on any atom is -0.478 e. The zero-order valence-corrected chi connectivity index (χ0v) is 10.8. The Morgan fingerprint density at radius 3 is 2.81 bits per heavy atom. The second kappa shape index (κ2) is 4.17. The van der Waals surface area contributed by atoms with E-state index in [9.17, 15) is 4.79 Å². The summed E-state index contributed by atoms with van der Waals surface area (Å²) in [5.41, 5.74) is 2.65. The monoisotopic (exact) mass is 278 g/mol. The number of fused-ring (bicyclic) bond motifs is 2. The van der Waals surface area contributed by atoms with Crippen LogP contribution in [0.5, 0.6) is 0 Å². The van der Waals surface area contributed by atoms with Gasteiger partial charge in [-0.25, -0.2) is 14.0 Å². The van der Waals surface area contributed by atoms with Gasteiger partial charge in [-0.05, 0) is 18.2 Å². The highest BCUT2D eigenvalue weighted by atomic mass is 16.4. The third-order valence-corrected chi connectivity index (χ3v) is 3.44. The van der Waals surface area contributed by atoms with E-state index in [-0.39, 0.29) is 5.56 Å². The van der Waals surface area contributed by atoms with Crippen LogP contribution >= 0.6 is 0 Å². The Balaban J connectivity index is 2.04. The molecule has 0 aliphatic rings. The molecule has 4 rings (SSSR count). The number of rotatable bonds is 2.